The van der Waals surface area contributed by atoms with Crippen molar-refractivity contribution in [2.24, 2.45) is 17.8 Å². The number of aryl methyl sites for hydroxylation is 1. The Kier molecular flexibility index (Phi) is 12.3. The second kappa shape index (κ2) is 12.5. The fraction of sp³-hybridized carbons (Fsp3) is 0.444. The molecule has 0 aliphatic heterocycles. The molecular formula is C27H34Cl2Zr. The SMILES string of the molecule is CC1=[C-]C(C)C(C)=C1C.Cc1cc2c([cH-]1)CC(C)C(C)C2c1ccccc1.[Cl-].[Cl-].[Zr+4]. The number of hydrogen-bond donors (Lipinski definition) is 0. The maximum Gasteiger partial charge on any atom is 4.00 e. The molecule has 0 bridgehead atoms. The van der Waals surface area contributed by atoms with E-state index in [1.54, 1.807) is 11.1 Å². The fourth-order valence-electron chi connectivity index (χ4n) is 4.65. The molecule has 0 radical (unpaired) electrons. The van der Waals surface area contributed by atoms with Crippen LogP contribution in [0.5, 0.6) is 0 Å². The van der Waals surface area contributed by atoms with E-state index in [2.05, 4.69) is 97.0 Å². The van der Waals surface area contributed by atoms with Gasteiger partial charge in [-0.15, -0.1) is 6.92 Å². The standard InChI is InChI=1S/C18H21.C9H13.2ClH.Zr/c1-12-9-16-11-13(2)14(3)18(17(16)10-12)15-7-5-4-6-8-15;1-6-5-7(2)9(4)8(6)3;;;/h4-10,13-14,18H,11H2,1-3H3;6H,1-4H3;2*1H;/q2*-1;;;+4/p-2. The molecule has 4 unspecified atom stereocenters. The normalized spacial score (nSPS) is 24.3. The molecule has 0 saturated heterocycles. The smallest absolute Gasteiger partial charge is 1.00 e. The van der Waals surface area contributed by atoms with Gasteiger partial charge in [0, 0.05) is 0 Å². The zero-order chi connectivity index (χ0) is 19.7. The van der Waals surface area contributed by atoms with Crippen LogP contribution in [0.1, 0.15) is 69.7 Å². The molecule has 0 amide bonds. The molecule has 4 rings (SSSR count). The van der Waals surface area contributed by atoms with Crippen molar-refractivity contribution in [3.63, 3.8) is 0 Å². The van der Waals surface area contributed by atoms with E-state index in [9.17, 15) is 0 Å². The quantitative estimate of drug-likeness (QED) is 0.499. The summed E-state index contributed by atoms with van der Waals surface area (Å²) < 4.78 is 0. The minimum atomic E-state index is 0. The van der Waals surface area contributed by atoms with Crippen LogP contribution in [-0.4, -0.2) is 0 Å². The second-order valence-corrected chi connectivity index (χ2v) is 8.74. The third-order valence-electron chi connectivity index (χ3n) is 6.85. The van der Waals surface area contributed by atoms with E-state index in [-0.39, 0.29) is 51.0 Å². The summed E-state index contributed by atoms with van der Waals surface area (Å²) in [4.78, 5) is 0. The molecule has 2 aliphatic carbocycles. The molecule has 4 atom stereocenters. The van der Waals surface area contributed by atoms with Crippen molar-refractivity contribution >= 4 is 0 Å². The van der Waals surface area contributed by atoms with E-state index >= 15 is 0 Å². The molecule has 0 N–H and O–H groups in total. The summed E-state index contributed by atoms with van der Waals surface area (Å²) in [6.45, 7) is 15.7. The van der Waals surface area contributed by atoms with Crippen molar-refractivity contribution in [3.05, 3.63) is 87.5 Å². The molecule has 160 valence electrons. The topological polar surface area (TPSA) is 0 Å². The zero-order valence-electron chi connectivity index (χ0n) is 19.3. The first kappa shape index (κ1) is 29.5. The molecule has 2 aromatic carbocycles. The third-order valence-corrected chi connectivity index (χ3v) is 6.85. The average Bonchev–Trinajstić information content (AvgIpc) is 3.11. The molecule has 3 heteroatoms. The minimum absolute atomic E-state index is 0. The summed E-state index contributed by atoms with van der Waals surface area (Å²) in [6.07, 6.45) is 4.60. The van der Waals surface area contributed by atoms with Crippen LogP contribution < -0.4 is 24.8 Å². The maximum absolute atomic E-state index is 3.36. The van der Waals surface area contributed by atoms with E-state index in [0.717, 1.165) is 11.8 Å². The van der Waals surface area contributed by atoms with Crippen LogP contribution in [0.3, 0.4) is 0 Å². The molecular weight excluding hydrogens is 486 g/mol. The van der Waals surface area contributed by atoms with E-state index in [1.807, 2.05) is 0 Å². The summed E-state index contributed by atoms with van der Waals surface area (Å²) >= 11 is 0. The average molecular weight is 521 g/mol. The molecule has 2 aliphatic rings. The maximum atomic E-state index is 3.36. The Morgan fingerprint density at radius 2 is 1.53 bits per heavy atom. The summed E-state index contributed by atoms with van der Waals surface area (Å²) in [6, 6.07) is 15.8. The third kappa shape index (κ3) is 6.28. The summed E-state index contributed by atoms with van der Waals surface area (Å²) in [5.41, 5.74) is 10.3. The van der Waals surface area contributed by atoms with E-state index in [1.165, 1.54) is 34.3 Å². The summed E-state index contributed by atoms with van der Waals surface area (Å²) in [5, 5.41) is 0. The van der Waals surface area contributed by atoms with Crippen molar-refractivity contribution in [1.29, 1.82) is 0 Å². The Hall–Kier alpha value is -0.487. The van der Waals surface area contributed by atoms with Gasteiger partial charge >= 0.3 is 26.2 Å². The first-order chi connectivity index (χ1) is 12.8. The van der Waals surface area contributed by atoms with Crippen molar-refractivity contribution in [2.75, 3.05) is 0 Å². The van der Waals surface area contributed by atoms with Crippen LogP contribution in [0.4, 0.5) is 0 Å². The van der Waals surface area contributed by atoms with Crippen LogP contribution in [-0.2, 0) is 32.6 Å². The van der Waals surface area contributed by atoms with Crippen LogP contribution in [0.15, 0.2) is 59.2 Å². The molecule has 0 spiro atoms. The molecule has 2 aromatic rings. The van der Waals surface area contributed by atoms with Crippen LogP contribution >= 0.6 is 0 Å². The molecule has 0 fully saturated rings. The number of halogens is 2. The van der Waals surface area contributed by atoms with Gasteiger partial charge in [-0.1, -0.05) is 83.4 Å². The van der Waals surface area contributed by atoms with Gasteiger partial charge in [0.1, 0.15) is 0 Å². The van der Waals surface area contributed by atoms with Crippen LogP contribution in [0, 0.1) is 30.8 Å². The van der Waals surface area contributed by atoms with Crippen LogP contribution in [0.2, 0.25) is 0 Å². The largest absolute Gasteiger partial charge is 4.00 e. The van der Waals surface area contributed by atoms with Crippen molar-refractivity contribution in [1.82, 2.24) is 0 Å². The van der Waals surface area contributed by atoms with Crippen molar-refractivity contribution < 1.29 is 51.0 Å². The predicted molar refractivity (Wildman–Crippen MR) is 117 cm³/mol. The first-order valence-corrected chi connectivity index (χ1v) is 10.4. The molecule has 0 heterocycles. The number of hydrogen-bond acceptors (Lipinski definition) is 0. The van der Waals surface area contributed by atoms with Gasteiger partial charge in [-0.2, -0.15) is 33.9 Å². The van der Waals surface area contributed by atoms with E-state index in [0.29, 0.717) is 11.8 Å². The van der Waals surface area contributed by atoms with Gasteiger partial charge in [0.05, 0.1) is 0 Å². The fourth-order valence-corrected chi connectivity index (χ4v) is 4.65. The Bertz CT molecular complexity index is 860. The molecule has 0 aromatic heterocycles. The minimum Gasteiger partial charge on any atom is -1.00 e. The number of benzene rings is 1. The monoisotopic (exact) mass is 518 g/mol. The summed E-state index contributed by atoms with van der Waals surface area (Å²) in [5.74, 6) is 2.63. The first-order valence-electron chi connectivity index (χ1n) is 10.4. The molecule has 0 saturated carbocycles. The zero-order valence-corrected chi connectivity index (χ0v) is 23.3. The van der Waals surface area contributed by atoms with Gasteiger partial charge in [0.25, 0.3) is 0 Å². The number of fused-ring (bicyclic) bond motifs is 1. The predicted octanol–water partition coefficient (Wildman–Crippen LogP) is 1.40. The van der Waals surface area contributed by atoms with Gasteiger partial charge < -0.3 is 24.8 Å². The molecule has 0 nitrogen and oxygen atoms in total. The number of allylic oxidation sites excluding steroid dienone is 4. The number of rotatable bonds is 1. The van der Waals surface area contributed by atoms with Gasteiger partial charge in [-0.3, -0.25) is 6.08 Å². The van der Waals surface area contributed by atoms with Crippen molar-refractivity contribution in [2.45, 2.75) is 60.8 Å². The Labute approximate surface area is 215 Å². The second-order valence-electron chi connectivity index (χ2n) is 8.74. The van der Waals surface area contributed by atoms with Gasteiger partial charge in [-0.25, -0.2) is 11.6 Å². The van der Waals surface area contributed by atoms with Crippen LogP contribution in [0.25, 0.3) is 0 Å². The van der Waals surface area contributed by atoms with Crippen molar-refractivity contribution in [3.8, 4) is 0 Å². The van der Waals surface area contributed by atoms with Gasteiger partial charge in [-0.05, 0) is 24.2 Å². The Morgan fingerprint density at radius 3 is 2.00 bits per heavy atom. The van der Waals surface area contributed by atoms with Gasteiger partial charge in [0.15, 0.2) is 0 Å². The van der Waals surface area contributed by atoms with Gasteiger partial charge in [0.2, 0.25) is 0 Å². The van der Waals surface area contributed by atoms with E-state index < -0.39 is 0 Å². The Morgan fingerprint density at radius 1 is 0.933 bits per heavy atom. The van der Waals surface area contributed by atoms with E-state index in [4.69, 9.17) is 0 Å². The summed E-state index contributed by atoms with van der Waals surface area (Å²) in [7, 11) is 0. The molecule has 30 heavy (non-hydrogen) atoms. The Balaban J connectivity index is 0.000000608.